The standard InChI is InChI=1S/C20H20N4O2/c1-14-7-8-16(22-20(26)18(25)9-11-21)10-12-24-13-17(23-19(14)24)15-5-3-2-4-6-15/h2-6,8,10-14,21H,7,9H2,1H3,(H,22,26)/b12-10-,16-8?,21-11?. The van der Waals surface area contributed by atoms with Crippen LogP contribution < -0.4 is 5.32 Å². The van der Waals surface area contributed by atoms with Gasteiger partial charge in [0.1, 0.15) is 5.82 Å². The highest BCUT2D eigenvalue weighted by Crippen LogP contribution is 2.26. The molecular formula is C20H20N4O2. The fourth-order valence-electron chi connectivity index (χ4n) is 2.76. The van der Waals surface area contributed by atoms with Gasteiger partial charge in [-0.05, 0) is 12.5 Å². The molecular weight excluding hydrogens is 328 g/mol. The molecule has 0 saturated carbocycles. The fourth-order valence-corrected chi connectivity index (χ4v) is 2.76. The van der Waals surface area contributed by atoms with Gasteiger partial charge in [0.15, 0.2) is 0 Å². The fraction of sp³-hybridized carbons (Fsp3) is 0.200. The van der Waals surface area contributed by atoms with Crippen LogP contribution in [-0.4, -0.2) is 27.5 Å². The van der Waals surface area contributed by atoms with Gasteiger partial charge in [0.2, 0.25) is 5.78 Å². The van der Waals surface area contributed by atoms with Crippen molar-refractivity contribution in [3.63, 3.8) is 0 Å². The van der Waals surface area contributed by atoms with Crippen molar-refractivity contribution in [3.05, 3.63) is 60.2 Å². The molecule has 1 aliphatic rings. The monoisotopic (exact) mass is 348 g/mol. The lowest BCUT2D eigenvalue weighted by atomic mass is 10.1. The lowest BCUT2D eigenvalue weighted by Crippen LogP contribution is -2.30. The molecule has 6 heteroatoms. The van der Waals surface area contributed by atoms with E-state index in [2.05, 4.69) is 12.2 Å². The summed E-state index contributed by atoms with van der Waals surface area (Å²) in [5, 5.41) is 9.54. The first-order valence-electron chi connectivity index (χ1n) is 8.44. The second-order valence-electron chi connectivity index (χ2n) is 6.16. The summed E-state index contributed by atoms with van der Waals surface area (Å²) in [5.41, 5.74) is 2.51. The first-order chi connectivity index (χ1) is 12.6. The van der Waals surface area contributed by atoms with Crippen LogP contribution in [0.5, 0.6) is 0 Å². The Labute approximate surface area is 151 Å². The van der Waals surface area contributed by atoms with Crippen LogP contribution in [0.2, 0.25) is 0 Å². The molecule has 2 heterocycles. The van der Waals surface area contributed by atoms with Crippen LogP contribution in [0.1, 0.15) is 31.5 Å². The molecule has 1 aromatic carbocycles. The third kappa shape index (κ3) is 3.85. The zero-order valence-corrected chi connectivity index (χ0v) is 14.5. The van der Waals surface area contributed by atoms with E-state index in [1.807, 2.05) is 53.4 Å². The van der Waals surface area contributed by atoms with Gasteiger partial charge < -0.3 is 15.3 Å². The Bertz CT molecular complexity index is 894. The van der Waals surface area contributed by atoms with Crippen molar-refractivity contribution in [1.82, 2.24) is 14.9 Å². The summed E-state index contributed by atoms with van der Waals surface area (Å²) in [5.74, 6) is -0.226. The summed E-state index contributed by atoms with van der Waals surface area (Å²) in [4.78, 5) is 28.2. The number of rotatable bonds is 5. The molecule has 0 spiro atoms. The lowest BCUT2D eigenvalue weighted by Gasteiger charge is -2.14. The Morgan fingerprint density at radius 1 is 1.35 bits per heavy atom. The molecule has 0 bridgehead atoms. The number of benzene rings is 1. The van der Waals surface area contributed by atoms with Crippen molar-refractivity contribution in [1.29, 1.82) is 5.41 Å². The highest BCUT2D eigenvalue weighted by atomic mass is 16.2. The van der Waals surface area contributed by atoms with E-state index < -0.39 is 11.7 Å². The van der Waals surface area contributed by atoms with E-state index in [4.69, 9.17) is 10.4 Å². The summed E-state index contributed by atoms with van der Waals surface area (Å²) >= 11 is 0. The minimum Gasteiger partial charge on any atom is -0.320 e. The quantitative estimate of drug-likeness (QED) is 0.643. The number of amides is 1. The molecule has 132 valence electrons. The van der Waals surface area contributed by atoms with E-state index in [1.54, 1.807) is 6.08 Å². The Morgan fingerprint density at radius 3 is 2.85 bits per heavy atom. The second kappa shape index (κ2) is 7.74. The third-order valence-corrected chi connectivity index (χ3v) is 4.18. The molecule has 1 aliphatic heterocycles. The first kappa shape index (κ1) is 17.5. The van der Waals surface area contributed by atoms with Crippen LogP contribution in [0.15, 0.2) is 54.4 Å². The summed E-state index contributed by atoms with van der Waals surface area (Å²) < 4.78 is 1.95. The number of fused-ring (bicyclic) bond motifs is 1. The molecule has 0 radical (unpaired) electrons. The van der Waals surface area contributed by atoms with E-state index in [1.165, 1.54) is 0 Å². The smallest absolute Gasteiger partial charge is 0.292 e. The molecule has 0 aliphatic carbocycles. The van der Waals surface area contributed by atoms with Crippen molar-refractivity contribution in [2.24, 2.45) is 0 Å². The topological polar surface area (TPSA) is 87.8 Å². The third-order valence-electron chi connectivity index (χ3n) is 4.18. The van der Waals surface area contributed by atoms with Gasteiger partial charge in [-0.15, -0.1) is 0 Å². The SMILES string of the molecule is CC1CC=C(NC(=O)C(=O)CC=N)/C=C\n2cc(-c3ccccc3)nc21. The van der Waals surface area contributed by atoms with Crippen LogP contribution in [-0.2, 0) is 9.59 Å². The molecule has 1 aromatic heterocycles. The zero-order chi connectivity index (χ0) is 18.5. The molecule has 6 nitrogen and oxygen atoms in total. The summed E-state index contributed by atoms with van der Waals surface area (Å²) in [6.45, 7) is 2.07. The molecule has 2 aromatic rings. The number of carbonyl (C=O) groups is 2. The molecule has 1 unspecified atom stereocenters. The Hall–Kier alpha value is -3.28. The maximum atomic E-state index is 11.9. The van der Waals surface area contributed by atoms with Gasteiger partial charge in [0.05, 0.1) is 12.1 Å². The molecule has 3 rings (SSSR count). The molecule has 0 fully saturated rings. The number of nitrogens with zero attached hydrogens (tertiary/aromatic N) is 2. The Morgan fingerprint density at radius 2 is 2.12 bits per heavy atom. The van der Waals surface area contributed by atoms with E-state index in [-0.39, 0.29) is 12.3 Å². The van der Waals surface area contributed by atoms with Crippen LogP contribution in [0.4, 0.5) is 0 Å². The van der Waals surface area contributed by atoms with Gasteiger partial charge in [0.25, 0.3) is 5.91 Å². The molecule has 26 heavy (non-hydrogen) atoms. The normalized spacial score (nSPS) is 17.3. The average Bonchev–Trinajstić information content (AvgIpc) is 3.07. The van der Waals surface area contributed by atoms with Crippen LogP contribution >= 0.6 is 0 Å². The van der Waals surface area contributed by atoms with Gasteiger partial charge in [-0.3, -0.25) is 9.59 Å². The van der Waals surface area contributed by atoms with Gasteiger partial charge >= 0.3 is 0 Å². The summed E-state index contributed by atoms with van der Waals surface area (Å²) in [6, 6.07) is 9.96. The highest BCUT2D eigenvalue weighted by Gasteiger charge is 2.17. The van der Waals surface area contributed by atoms with Crippen molar-refractivity contribution < 1.29 is 9.59 Å². The Kier molecular flexibility index (Phi) is 5.22. The van der Waals surface area contributed by atoms with Crippen molar-refractivity contribution in [3.8, 4) is 11.3 Å². The number of allylic oxidation sites excluding steroid dienone is 2. The number of aromatic nitrogens is 2. The highest BCUT2D eigenvalue weighted by molar-refractivity contribution is 6.38. The maximum absolute atomic E-state index is 11.9. The summed E-state index contributed by atoms with van der Waals surface area (Å²) in [6.07, 6.45) is 8.85. The number of nitrogens with one attached hydrogen (secondary N) is 2. The minimum absolute atomic E-state index is 0.154. The maximum Gasteiger partial charge on any atom is 0.292 e. The van der Waals surface area contributed by atoms with Gasteiger partial charge in [-0.1, -0.05) is 43.3 Å². The van der Waals surface area contributed by atoms with Crippen LogP contribution in [0, 0.1) is 5.41 Å². The van der Waals surface area contributed by atoms with Crippen molar-refractivity contribution in [2.75, 3.05) is 0 Å². The van der Waals surface area contributed by atoms with E-state index in [0.29, 0.717) is 12.1 Å². The van der Waals surface area contributed by atoms with Gasteiger partial charge in [-0.2, -0.15) is 0 Å². The predicted molar refractivity (Wildman–Crippen MR) is 101 cm³/mol. The predicted octanol–water partition coefficient (Wildman–Crippen LogP) is 3.14. The minimum atomic E-state index is -0.701. The van der Waals surface area contributed by atoms with E-state index >= 15 is 0 Å². The molecule has 1 amide bonds. The number of hydrogen-bond acceptors (Lipinski definition) is 4. The summed E-state index contributed by atoms with van der Waals surface area (Å²) in [7, 11) is 0. The molecule has 0 saturated heterocycles. The number of carbonyl (C=O) groups excluding carboxylic acids is 2. The number of imidazole rings is 1. The molecule has 1 atom stereocenters. The largest absolute Gasteiger partial charge is 0.320 e. The van der Waals surface area contributed by atoms with Crippen molar-refractivity contribution >= 4 is 24.1 Å². The van der Waals surface area contributed by atoms with Crippen LogP contribution in [0.3, 0.4) is 0 Å². The van der Waals surface area contributed by atoms with Gasteiger partial charge in [0, 0.05) is 35.8 Å². The number of hydrogen-bond donors (Lipinski definition) is 2. The Balaban J connectivity index is 1.83. The van der Waals surface area contributed by atoms with E-state index in [0.717, 1.165) is 23.3 Å². The zero-order valence-electron chi connectivity index (χ0n) is 14.5. The average molecular weight is 348 g/mol. The van der Waals surface area contributed by atoms with E-state index in [9.17, 15) is 9.59 Å². The van der Waals surface area contributed by atoms with Gasteiger partial charge in [-0.25, -0.2) is 4.98 Å². The number of ketones is 1. The van der Waals surface area contributed by atoms with Crippen LogP contribution in [0.25, 0.3) is 17.5 Å². The number of Topliss-reactive ketones (excluding diaryl/α,β-unsaturated/α-hetero) is 1. The molecule has 2 N–H and O–H groups in total. The lowest BCUT2D eigenvalue weighted by molar-refractivity contribution is -0.136. The first-order valence-corrected chi connectivity index (χ1v) is 8.44. The second-order valence-corrected chi connectivity index (χ2v) is 6.16. The van der Waals surface area contributed by atoms with Crippen molar-refractivity contribution in [2.45, 2.75) is 25.7 Å².